The molecular formula is C21H24ClN5O5S. The van der Waals surface area contributed by atoms with E-state index in [1.54, 1.807) is 44.2 Å². The molecule has 0 radical (unpaired) electrons. The Morgan fingerprint density at radius 1 is 1.30 bits per heavy atom. The molecule has 0 bridgehead atoms. The number of amides is 4. The number of imide groups is 1. The van der Waals surface area contributed by atoms with Crippen LogP contribution in [-0.4, -0.2) is 59.0 Å². The number of aryl methyl sites for hydroxylation is 1. The molecule has 33 heavy (non-hydrogen) atoms. The van der Waals surface area contributed by atoms with Crippen LogP contribution in [0.2, 0.25) is 5.02 Å². The van der Waals surface area contributed by atoms with E-state index >= 15 is 0 Å². The summed E-state index contributed by atoms with van der Waals surface area (Å²) in [7, 11) is -3.15. The van der Waals surface area contributed by atoms with E-state index in [2.05, 4.69) is 15.7 Å². The van der Waals surface area contributed by atoms with E-state index in [4.69, 9.17) is 11.6 Å². The Labute approximate surface area is 196 Å². The molecule has 0 aliphatic carbocycles. The fourth-order valence-electron chi connectivity index (χ4n) is 4.33. The molecule has 3 heterocycles. The molecule has 10 nitrogen and oxygen atoms in total. The van der Waals surface area contributed by atoms with Crippen molar-refractivity contribution in [2.45, 2.75) is 38.3 Å². The molecule has 2 N–H and O–H groups in total. The minimum absolute atomic E-state index is 0.0515. The highest BCUT2D eigenvalue weighted by Gasteiger charge is 2.51. The molecular weight excluding hydrogens is 470 g/mol. The summed E-state index contributed by atoms with van der Waals surface area (Å²) in [5, 5.41) is 10.2. The van der Waals surface area contributed by atoms with Crippen molar-refractivity contribution in [2.24, 2.45) is 0 Å². The first-order chi connectivity index (χ1) is 15.5. The molecule has 12 heteroatoms. The van der Waals surface area contributed by atoms with Gasteiger partial charge in [0.1, 0.15) is 17.9 Å². The van der Waals surface area contributed by atoms with Crippen LogP contribution in [0.4, 0.5) is 10.6 Å². The topological polar surface area (TPSA) is 130 Å². The number of nitrogens with zero attached hydrogens (tertiary/aromatic N) is 3. The summed E-state index contributed by atoms with van der Waals surface area (Å²) in [6.45, 7) is 3.01. The van der Waals surface area contributed by atoms with Gasteiger partial charge in [-0.3, -0.25) is 14.5 Å². The highest BCUT2D eigenvalue weighted by atomic mass is 35.5. The Balaban J connectivity index is 1.51. The van der Waals surface area contributed by atoms with Crippen LogP contribution in [0.15, 0.2) is 30.3 Å². The lowest BCUT2D eigenvalue weighted by Crippen LogP contribution is -2.44. The molecule has 2 unspecified atom stereocenters. The number of carbonyl (C=O) groups is 3. The molecule has 1 aromatic heterocycles. The predicted molar refractivity (Wildman–Crippen MR) is 122 cm³/mol. The van der Waals surface area contributed by atoms with Gasteiger partial charge in [0.15, 0.2) is 9.84 Å². The summed E-state index contributed by atoms with van der Waals surface area (Å²) in [5.74, 6) is -0.783. The zero-order valence-electron chi connectivity index (χ0n) is 18.2. The number of hydrogen-bond acceptors (Lipinski definition) is 6. The van der Waals surface area contributed by atoms with Crippen molar-refractivity contribution < 1.29 is 22.8 Å². The maximum Gasteiger partial charge on any atom is 0.325 e. The number of urea groups is 1. The summed E-state index contributed by atoms with van der Waals surface area (Å²) in [5.41, 5.74) is -0.0949. The Kier molecular flexibility index (Phi) is 5.95. The summed E-state index contributed by atoms with van der Waals surface area (Å²) in [4.78, 5) is 39.5. The lowest BCUT2D eigenvalue weighted by Gasteiger charge is -2.25. The van der Waals surface area contributed by atoms with Crippen LogP contribution < -0.4 is 10.6 Å². The van der Waals surface area contributed by atoms with Gasteiger partial charge in [-0.2, -0.15) is 5.10 Å². The first kappa shape index (κ1) is 23.2. The van der Waals surface area contributed by atoms with E-state index in [-0.39, 0.29) is 17.5 Å². The zero-order valence-corrected chi connectivity index (χ0v) is 19.7. The molecule has 0 saturated carbocycles. The number of hydrogen-bond donors (Lipinski definition) is 2. The second-order valence-corrected chi connectivity index (χ2v) is 11.0. The Morgan fingerprint density at radius 2 is 2.00 bits per heavy atom. The number of anilines is 1. The van der Waals surface area contributed by atoms with Gasteiger partial charge in [0.2, 0.25) is 5.91 Å². The number of sulfone groups is 1. The number of nitrogens with one attached hydrogen (secondary N) is 2. The van der Waals surface area contributed by atoms with Crippen molar-refractivity contribution >= 4 is 45.1 Å². The number of aromatic nitrogens is 2. The van der Waals surface area contributed by atoms with E-state index in [1.165, 1.54) is 4.68 Å². The van der Waals surface area contributed by atoms with Gasteiger partial charge >= 0.3 is 6.03 Å². The van der Waals surface area contributed by atoms with Crippen molar-refractivity contribution in [1.82, 2.24) is 20.0 Å². The van der Waals surface area contributed by atoms with Crippen molar-refractivity contribution in [2.75, 3.05) is 23.4 Å². The third-order valence-electron chi connectivity index (χ3n) is 6.02. The minimum atomic E-state index is -3.15. The van der Waals surface area contributed by atoms with E-state index in [1.807, 2.05) is 0 Å². The third kappa shape index (κ3) is 4.34. The Morgan fingerprint density at radius 3 is 2.61 bits per heavy atom. The molecule has 2 atom stereocenters. The van der Waals surface area contributed by atoms with Crippen molar-refractivity contribution in [3.63, 3.8) is 0 Å². The van der Waals surface area contributed by atoms with Gasteiger partial charge in [-0.05, 0) is 37.5 Å². The molecule has 4 rings (SSSR count). The van der Waals surface area contributed by atoms with Gasteiger partial charge < -0.3 is 10.6 Å². The largest absolute Gasteiger partial charge is 0.325 e. The van der Waals surface area contributed by atoms with E-state index in [9.17, 15) is 22.8 Å². The molecule has 2 aromatic rings. The smallest absolute Gasteiger partial charge is 0.319 e. The number of rotatable bonds is 6. The normalized spacial score (nSPS) is 24.2. The highest BCUT2D eigenvalue weighted by molar-refractivity contribution is 7.91. The zero-order chi connectivity index (χ0) is 24.0. The van der Waals surface area contributed by atoms with Gasteiger partial charge in [0.05, 0.1) is 23.2 Å². The summed E-state index contributed by atoms with van der Waals surface area (Å²) in [6.07, 6.45) is 0.693. The van der Waals surface area contributed by atoms with Crippen molar-refractivity contribution in [1.29, 1.82) is 0 Å². The van der Waals surface area contributed by atoms with Crippen LogP contribution in [0.5, 0.6) is 0 Å². The van der Waals surface area contributed by atoms with Gasteiger partial charge in [0.25, 0.3) is 5.91 Å². The molecule has 176 valence electrons. The molecule has 2 aliphatic heterocycles. The lowest BCUT2D eigenvalue weighted by atomic mass is 9.87. The Hall–Kier alpha value is -2.92. The standard InChI is InChI=1S/C21H24ClN5O5S/c1-3-21(14-4-6-15(22)7-5-14)19(29)26(20(30)24-21)11-18(28)23-17-10-13(2)25-27(17)16-8-9-33(31,32)12-16/h4-7,10,16H,3,8-9,11-12H2,1-2H3,(H,23,28)(H,24,30). The van der Waals surface area contributed by atoms with E-state index in [0.717, 1.165) is 4.90 Å². The molecule has 2 saturated heterocycles. The molecule has 0 spiro atoms. The van der Waals surface area contributed by atoms with Crippen LogP contribution >= 0.6 is 11.6 Å². The summed E-state index contributed by atoms with van der Waals surface area (Å²) < 4.78 is 25.2. The maximum absolute atomic E-state index is 13.2. The molecule has 2 aliphatic rings. The third-order valence-corrected chi connectivity index (χ3v) is 8.03. The predicted octanol–water partition coefficient (Wildman–Crippen LogP) is 2.00. The molecule has 4 amide bonds. The fourth-order valence-corrected chi connectivity index (χ4v) is 6.14. The minimum Gasteiger partial charge on any atom is -0.319 e. The van der Waals surface area contributed by atoms with Gasteiger partial charge in [-0.15, -0.1) is 0 Å². The average Bonchev–Trinajstić information content (AvgIpc) is 3.37. The SMILES string of the molecule is CCC1(c2ccc(Cl)cc2)NC(=O)N(CC(=O)Nc2cc(C)nn2C2CCS(=O)(=O)C2)C1=O. The number of carbonyl (C=O) groups excluding carboxylic acids is 3. The van der Waals surface area contributed by atoms with Crippen LogP contribution in [0.1, 0.15) is 37.1 Å². The van der Waals surface area contributed by atoms with Crippen molar-refractivity contribution in [3.8, 4) is 0 Å². The Bertz CT molecular complexity index is 1230. The second kappa shape index (κ2) is 8.45. The summed E-state index contributed by atoms with van der Waals surface area (Å²) in [6, 6.07) is 7.19. The first-order valence-corrected chi connectivity index (χ1v) is 12.7. The van der Waals surface area contributed by atoms with Crippen molar-refractivity contribution in [3.05, 3.63) is 46.6 Å². The quantitative estimate of drug-likeness (QED) is 0.592. The van der Waals surface area contributed by atoms with Crippen LogP contribution in [-0.2, 0) is 25.0 Å². The van der Waals surface area contributed by atoms with Crippen LogP contribution in [0, 0.1) is 6.92 Å². The fraction of sp³-hybridized carbons (Fsp3) is 0.429. The van der Waals surface area contributed by atoms with Crippen LogP contribution in [0.25, 0.3) is 0 Å². The van der Waals surface area contributed by atoms with Gasteiger partial charge in [-0.25, -0.2) is 17.9 Å². The van der Waals surface area contributed by atoms with E-state index < -0.39 is 39.8 Å². The number of benzene rings is 1. The average molecular weight is 494 g/mol. The van der Waals surface area contributed by atoms with Gasteiger partial charge in [-0.1, -0.05) is 30.7 Å². The number of halogens is 1. The lowest BCUT2D eigenvalue weighted by molar-refractivity contribution is -0.134. The summed E-state index contributed by atoms with van der Waals surface area (Å²) >= 11 is 5.95. The first-order valence-electron chi connectivity index (χ1n) is 10.5. The molecule has 1 aromatic carbocycles. The molecule has 2 fully saturated rings. The van der Waals surface area contributed by atoms with E-state index in [0.29, 0.717) is 34.9 Å². The monoisotopic (exact) mass is 493 g/mol. The second-order valence-electron chi connectivity index (χ2n) is 8.31. The maximum atomic E-state index is 13.2. The highest BCUT2D eigenvalue weighted by Crippen LogP contribution is 2.33. The van der Waals surface area contributed by atoms with Gasteiger partial charge in [0, 0.05) is 11.1 Å². The van der Waals surface area contributed by atoms with Crippen LogP contribution in [0.3, 0.4) is 0 Å².